The summed E-state index contributed by atoms with van der Waals surface area (Å²) in [4.78, 5) is 18.7. The molecule has 1 atom stereocenters. The zero-order valence-electron chi connectivity index (χ0n) is 10.9. The molecule has 100 valence electrons. The second kappa shape index (κ2) is 6.29. The van der Waals surface area contributed by atoms with Crippen LogP contribution in [0.4, 0.5) is 0 Å². The normalized spacial score (nSPS) is 20.1. The number of nitrogens with two attached hydrogens (primary N) is 1. The number of aromatic nitrogens is 1. The molecule has 0 saturated carbocycles. The molecule has 0 radical (unpaired) electrons. The van der Waals surface area contributed by atoms with Crippen LogP contribution in [0.25, 0.3) is 0 Å². The lowest BCUT2D eigenvalue weighted by molar-refractivity contribution is -0.133. The predicted molar refractivity (Wildman–Crippen MR) is 73.6 cm³/mol. The molecule has 18 heavy (non-hydrogen) atoms. The number of rotatable bonds is 4. The van der Waals surface area contributed by atoms with Gasteiger partial charge in [0, 0.05) is 24.4 Å². The average Bonchev–Trinajstić information content (AvgIpc) is 2.77. The van der Waals surface area contributed by atoms with E-state index in [0.29, 0.717) is 19.0 Å². The number of carbonyl (C=O) groups is 1. The van der Waals surface area contributed by atoms with E-state index in [1.165, 1.54) is 6.42 Å². The van der Waals surface area contributed by atoms with E-state index in [0.717, 1.165) is 36.5 Å². The Balaban J connectivity index is 1.93. The van der Waals surface area contributed by atoms with Crippen LogP contribution in [0.3, 0.4) is 0 Å². The quantitative estimate of drug-likeness (QED) is 0.901. The van der Waals surface area contributed by atoms with Crippen molar-refractivity contribution in [1.82, 2.24) is 9.88 Å². The number of hydrogen-bond donors (Lipinski definition) is 1. The minimum Gasteiger partial charge on any atom is -0.340 e. The van der Waals surface area contributed by atoms with Gasteiger partial charge in [-0.05, 0) is 32.7 Å². The SMILES string of the molecule is CC1CCCCN1C(=O)Cc1csc(CCN)n1. The number of carbonyl (C=O) groups excluding carboxylic acids is 1. The highest BCUT2D eigenvalue weighted by atomic mass is 32.1. The molecule has 2 heterocycles. The van der Waals surface area contributed by atoms with E-state index in [1.807, 2.05) is 10.3 Å². The molecular formula is C13H21N3OS. The van der Waals surface area contributed by atoms with Crippen molar-refractivity contribution in [3.8, 4) is 0 Å². The lowest BCUT2D eigenvalue weighted by Gasteiger charge is -2.33. The molecule has 1 unspecified atom stereocenters. The molecule has 1 fully saturated rings. The van der Waals surface area contributed by atoms with Crippen LogP contribution >= 0.6 is 11.3 Å². The third-order valence-electron chi connectivity index (χ3n) is 3.41. The van der Waals surface area contributed by atoms with Crippen LogP contribution in [0.5, 0.6) is 0 Å². The standard InChI is InChI=1S/C13H21N3OS/c1-10-4-2-3-7-16(10)13(17)8-11-9-18-12(15-11)5-6-14/h9-10H,2-8,14H2,1H3. The fourth-order valence-electron chi connectivity index (χ4n) is 2.39. The summed E-state index contributed by atoms with van der Waals surface area (Å²) in [7, 11) is 0. The molecule has 1 aliphatic heterocycles. The van der Waals surface area contributed by atoms with Crippen molar-refractivity contribution < 1.29 is 4.79 Å². The highest BCUT2D eigenvalue weighted by Crippen LogP contribution is 2.18. The molecule has 1 aromatic heterocycles. The lowest BCUT2D eigenvalue weighted by atomic mass is 10.0. The Labute approximate surface area is 112 Å². The van der Waals surface area contributed by atoms with E-state index in [1.54, 1.807) is 11.3 Å². The molecule has 1 aromatic rings. The highest BCUT2D eigenvalue weighted by Gasteiger charge is 2.23. The Morgan fingerprint density at radius 2 is 2.44 bits per heavy atom. The Morgan fingerprint density at radius 3 is 3.17 bits per heavy atom. The number of piperidine rings is 1. The topological polar surface area (TPSA) is 59.2 Å². The van der Waals surface area contributed by atoms with Crippen LogP contribution in [0.1, 0.15) is 36.9 Å². The Bertz CT molecular complexity index is 405. The molecule has 0 aromatic carbocycles. The first-order valence-electron chi connectivity index (χ1n) is 6.63. The van der Waals surface area contributed by atoms with Crippen LogP contribution in [0, 0.1) is 0 Å². The van der Waals surface area contributed by atoms with Gasteiger partial charge in [0.15, 0.2) is 0 Å². The monoisotopic (exact) mass is 267 g/mol. The van der Waals surface area contributed by atoms with E-state index in [2.05, 4.69) is 11.9 Å². The Morgan fingerprint density at radius 1 is 1.61 bits per heavy atom. The largest absolute Gasteiger partial charge is 0.340 e. The van der Waals surface area contributed by atoms with Gasteiger partial charge in [-0.3, -0.25) is 4.79 Å². The first-order chi connectivity index (χ1) is 8.70. The zero-order chi connectivity index (χ0) is 13.0. The van der Waals surface area contributed by atoms with Crippen molar-refractivity contribution in [3.05, 3.63) is 16.1 Å². The van der Waals surface area contributed by atoms with Gasteiger partial charge >= 0.3 is 0 Å². The van der Waals surface area contributed by atoms with Gasteiger partial charge in [-0.25, -0.2) is 4.98 Å². The third-order valence-corrected chi connectivity index (χ3v) is 4.37. The van der Waals surface area contributed by atoms with Gasteiger partial charge in [0.25, 0.3) is 0 Å². The molecule has 2 N–H and O–H groups in total. The highest BCUT2D eigenvalue weighted by molar-refractivity contribution is 7.09. The molecule has 0 aliphatic carbocycles. The molecule has 4 nitrogen and oxygen atoms in total. The summed E-state index contributed by atoms with van der Waals surface area (Å²) >= 11 is 1.60. The smallest absolute Gasteiger partial charge is 0.228 e. The molecule has 1 amide bonds. The molecule has 2 rings (SSSR count). The number of hydrogen-bond acceptors (Lipinski definition) is 4. The summed E-state index contributed by atoms with van der Waals surface area (Å²) in [6.45, 7) is 3.65. The molecule has 5 heteroatoms. The van der Waals surface area contributed by atoms with E-state index in [9.17, 15) is 4.79 Å². The average molecular weight is 267 g/mol. The van der Waals surface area contributed by atoms with Gasteiger partial charge in [-0.1, -0.05) is 0 Å². The van der Waals surface area contributed by atoms with E-state index in [-0.39, 0.29) is 5.91 Å². The van der Waals surface area contributed by atoms with Gasteiger partial charge in [0.05, 0.1) is 17.1 Å². The van der Waals surface area contributed by atoms with Crippen molar-refractivity contribution in [2.24, 2.45) is 5.73 Å². The van der Waals surface area contributed by atoms with Gasteiger partial charge in [0.2, 0.25) is 5.91 Å². The minimum atomic E-state index is 0.215. The fraction of sp³-hybridized carbons (Fsp3) is 0.692. The van der Waals surface area contributed by atoms with E-state index in [4.69, 9.17) is 5.73 Å². The van der Waals surface area contributed by atoms with Crippen molar-refractivity contribution >= 4 is 17.2 Å². The van der Waals surface area contributed by atoms with Crippen molar-refractivity contribution in [2.45, 2.75) is 45.1 Å². The van der Waals surface area contributed by atoms with Gasteiger partial charge in [-0.2, -0.15) is 0 Å². The first-order valence-corrected chi connectivity index (χ1v) is 7.51. The van der Waals surface area contributed by atoms with Gasteiger partial charge < -0.3 is 10.6 Å². The zero-order valence-corrected chi connectivity index (χ0v) is 11.7. The fourth-order valence-corrected chi connectivity index (χ4v) is 3.21. The second-order valence-corrected chi connectivity index (χ2v) is 5.82. The molecule has 0 bridgehead atoms. The number of thiazole rings is 1. The van der Waals surface area contributed by atoms with Crippen molar-refractivity contribution in [3.63, 3.8) is 0 Å². The van der Waals surface area contributed by atoms with Gasteiger partial charge in [0.1, 0.15) is 0 Å². The van der Waals surface area contributed by atoms with E-state index >= 15 is 0 Å². The van der Waals surface area contributed by atoms with Crippen LogP contribution < -0.4 is 5.73 Å². The molecule has 1 aliphatic rings. The molecule has 1 saturated heterocycles. The van der Waals surface area contributed by atoms with Crippen LogP contribution in [0.2, 0.25) is 0 Å². The third kappa shape index (κ3) is 3.29. The van der Waals surface area contributed by atoms with Crippen LogP contribution in [-0.2, 0) is 17.6 Å². The summed E-state index contributed by atoms with van der Waals surface area (Å²) in [5.74, 6) is 0.215. The second-order valence-electron chi connectivity index (χ2n) is 4.88. The van der Waals surface area contributed by atoms with Crippen molar-refractivity contribution in [1.29, 1.82) is 0 Å². The Hall–Kier alpha value is -0.940. The summed E-state index contributed by atoms with van der Waals surface area (Å²) in [6, 6.07) is 0.383. The summed E-state index contributed by atoms with van der Waals surface area (Å²) < 4.78 is 0. The predicted octanol–water partition coefficient (Wildman–Crippen LogP) is 1.59. The maximum Gasteiger partial charge on any atom is 0.228 e. The molecular weight excluding hydrogens is 246 g/mol. The number of likely N-dealkylation sites (tertiary alicyclic amines) is 1. The lowest BCUT2D eigenvalue weighted by Crippen LogP contribution is -2.42. The maximum atomic E-state index is 12.2. The minimum absolute atomic E-state index is 0.215. The van der Waals surface area contributed by atoms with Gasteiger partial charge in [-0.15, -0.1) is 11.3 Å². The van der Waals surface area contributed by atoms with Crippen LogP contribution in [0.15, 0.2) is 5.38 Å². The van der Waals surface area contributed by atoms with Crippen LogP contribution in [-0.4, -0.2) is 34.9 Å². The summed E-state index contributed by atoms with van der Waals surface area (Å²) in [6.07, 6.45) is 4.74. The maximum absolute atomic E-state index is 12.2. The van der Waals surface area contributed by atoms with E-state index < -0.39 is 0 Å². The van der Waals surface area contributed by atoms with Crippen molar-refractivity contribution in [2.75, 3.05) is 13.1 Å². The number of nitrogens with zero attached hydrogens (tertiary/aromatic N) is 2. The summed E-state index contributed by atoms with van der Waals surface area (Å²) in [5.41, 5.74) is 6.39. The Kier molecular flexibility index (Phi) is 4.72. The summed E-state index contributed by atoms with van der Waals surface area (Å²) in [5, 5.41) is 3.02. The molecule has 0 spiro atoms. The first kappa shape index (κ1) is 13.5. The number of amides is 1.